The quantitative estimate of drug-likeness (QED) is 0.471. The zero-order chi connectivity index (χ0) is 22.0. The van der Waals surface area contributed by atoms with E-state index < -0.39 is 22.9 Å². The molecule has 2 N–H and O–H groups in total. The molecule has 1 atom stereocenters. The number of nitrogens with zero attached hydrogens (tertiary/aromatic N) is 5. The van der Waals surface area contributed by atoms with Crippen LogP contribution >= 0.6 is 0 Å². The molecule has 3 rings (SSSR count). The van der Waals surface area contributed by atoms with E-state index >= 15 is 0 Å². The number of hydrogen-bond acceptors (Lipinski definition) is 6. The Morgan fingerprint density at radius 3 is 2.37 bits per heavy atom. The summed E-state index contributed by atoms with van der Waals surface area (Å²) >= 11 is -1.46. The van der Waals surface area contributed by atoms with Gasteiger partial charge in [0.25, 0.3) is 0 Å². The van der Waals surface area contributed by atoms with Crippen molar-refractivity contribution in [1.29, 1.82) is 0 Å². The molecule has 0 aliphatic heterocycles. The number of aryl methyl sites for hydroxylation is 1. The van der Waals surface area contributed by atoms with Gasteiger partial charge < -0.3 is 15.2 Å². The number of benzene rings is 1. The van der Waals surface area contributed by atoms with Crippen molar-refractivity contribution in [3.05, 3.63) is 45.9 Å². The molecule has 3 aromatic rings. The Balaban J connectivity index is 2.28. The second-order valence-corrected chi connectivity index (χ2v) is 8.48. The number of fused-ring (bicyclic) bond motifs is 1. The highest BCUT2D eigenvalue weighted by molar-refractivity contribution is 7.91. The molecule has 0 radical (unpaired) electrons. The van der Waals surface area contributed by atoms with Crippen LogP contribution < -0.4 is 11.4 Å². The standard InChI is InChI=1S/C20H26N6O3S/c1-5-24(6-2)19(27)26-15-16(21)22-18(30(29)7-3)23-17(15)25(20(26)28)12-14-10-8-13(4)9-11-14/h8-11H,5-7,12H2,1-4H3,(H2,21,22,23). The first-order chi connectivity index (χ1) is 14.3. The van der Waals surface area contributed by atoms with E-state index in [1.54, 1.807) is 6.92 Å². The Hall–Kier alpha value is -2.85. The van der Waals surface area contributed by atoms with Gasteiger partial charge in [0.15, 0.2) is 11.5 Å². The predicted octanol–water partition coefficient (Wildman–Crippen LogP) is 1.97. The molecule has 0 fully saturated rings. The van der Waals surface area contributed by atoms with E-state index in [1.165, 1.54) is 9.47 Å². The molecule has 0 aliphatic rings. The number of aromatic nitrogens is 4. The van der Waals surface area contributed by atoms with Crippen LogP contribution in [0.3, 0.4) is 0 Å². The third kappa shape index (κ3) is 3.92. The van der Waals surface area contributed by atoms with Crippen LogP contribution in [0.15, 0.2) is 34.2 Å². The summed E-state index contributed by atoms with van der Waals surface area (Å²) in [6, 6.07) is 7.22. The Kier molecular flexibility index (Phi) is 6.47. The molecule has 1 aromatic carbocycles. The zero-order valence-electron chi connectivity index (χ0n) is 17.6. The van der Waals surface area contributed by atoms with Crippen molar-refractivity contribution in [2.45, 2.75) is 39.4 Å². The second-order valence-electron chi connectivity index (χ2n) is 6.84. The second kappa shape index (κ2) is 8.88. The number of rotatable bonds is 6. The minimum Gasteiger partial charge on any atom is -0.609 e. The van der Waals surface area contributed by atoms with Crippen LogP contribution in [-0.2, 0) is 17.7 Å². The first-order valence-electron chi connectivity index (χ1n) is 9.84. The van der Waals surface area contributed by atoms with E-state index in [0.29, 0.717) is 18.8 Å². The van der Waals surface area contributed by atoms with Gasteiger partial charge in [-0.1, -0.05) is 29.8 Å². The number of imidazole rings is 1. The van der Waals surface area contributed by atoms with Gasteiger partial charge in [-0.2, -0.15) is 9.97 Å². The summed E-state index contributed by atoms with van der Waals surface area (Å²) in [5.74, 6) is 0.267. The van der Waals surface area contributed by atoms with Gasteiger partial charge >= 0.3 is 16.9 Å². The Morgan fingerprint density at radius 2 is 1.80 bits per heavy atom. The van der Waals surface area contributed by atoms with Crippen molar-refractivity contribution in [3.63, 3.8) is 0 Å². The van der Waals surface area contributed by atoms with Gasteiger partial charge in [0.05, 0.1) is 6.54 Å². The fraction of sp³-hybridized carbons (Fsp3) is 0.400. The normalized spacial score (nSPS) is 12.3. The molecule has 2 aromatic heterocycles. The van der Waals surface area contributed by atoms with Gasteiger partial charge in [-0.3, -0.25) is 4.57 Å². The van der Waals surface area contributed by atoms with E-state index in [0.717, 1.165) is 15.7 Å². The van der Waals surface area contributed by atoms with E-state index in [1.807, 2.05) is 45.0 Å². The molecule has 160 valence electrons. The number of nitrogen functional groups attached to an aromatic ring is 1. The predicted molar refractivity (Wildman–Crippen MR) is 117 cm³/mol. The third-order valence-electron chi connectivity index (χ3n) is 4.93. The average Bonchev–Trinajstić information content (AvgIpc) is 3.02. The molecule has 10 heteroatoms. The molecule has 0 bridgehead atoms. The van der Waals surface area contributed by atoms with Gasteiger partial charge in [-0.15, -0.1) is 0 Å². The van der Waals surface area contributed by atoms with Gasteiger partial charge in [0.2, 0.25) is 0 Å². The van der Waals surface area contributed by atoms with Crippen LogP contribution in [0.5, 0.6) is 0 Å². The number of carbonyl (C=O) groups is 1. The molecule has 1 unspecified atom stereocenters. The summed E-state index contributed by atoms with van der Waals surface area (Å²) in [6.45, 7) is 8.46. The average molecular weight is 431 g/mol. The molecule has 1 amide bonds. The topological polar surface area (TPSA) is 122 Å². The summed E-state index contributed by atoms with van der Waals surface area (Å²) in [7, 11) is 0. The summed E-state index contributed by atoms with van der Waals surface area (Å²) in [4.78, 5) is 36.4. The van der Waals surface area contributed by atoms with Crippen molar-refractivity contribution in [2.75, 3.05) is 24.6 Å². The molecule has 0 saturated heterocycles. The zero-order valence-corrected chi connectivity index (χ0v) is 18.4. The molecular weight excluding hydrogens is 404 g/mol. The fourth-order valence-corrected chi connectivity index (χ4v) is 3.86. The summed E-state index contributed by atoms with van der Waals surface area (Å²) in [6.07, 6.45) is 0. The first-order valence-corrected chi connectivity index (χ1v) is 11.2. The summed E-state index contributed by atoms with van der Waals surface area (Å²) in [5.41, 5.74) is 7.89. The van der Waals surface area contributed by atoms with Crippen molar-refractivity contribution in [1.82, 2.24) is 24.0 Å². The molecule has 9 nitrogen and oxygen atoms in total. The Bertz CT molecular complexity index is 1120. The van der Waals surface area contributed by atoms with Crippen molar-refractivity contribution < 1.29 is 9.35 Å². The molecule has 0 spiro atoms. The monoisotopic (exact) mass is 430 g/mol. The van der Waals surface area contributed by atoms with Crippen LogP contribution in [0.25, 0.3) is 11.2 Å². The molecule has 0 saturated carbocycles. The molecule has 30 heavy (non-hydrogen) atoms. The van der Waals surface area contributed by atoms with Gasteiger partial charge in [-0.05, 0) is 33.3 Å². The van der Waals surface area contributed by atoms with Gasteiger partial charge in [0, 0.05) is 24.3 Å². The molecular formula is C20H26N6O3S. The molecule has 2 heterocycles. The van der Waals surface area contributed by atoms with Crippen LogP contribution in [0.2, 0.25) is 0 Å². The minimum absolute atomic E-state index is 0.0444. The maximum atomic E-state index is 13.3. The highest BCUT2D eigenvalue weighted by Crippen LogP contribution is 2.21. The smallest absolute Gasteiger partial charge is 0.346 e. The van der Waals surface area contributed by atoms with E-state index in [4.69, 9.17) is 5.73 Å². The fourth-order valence-electron chi connectivity index (χ4n) is 3.21. The Morgan fingerprint density at radius 1 is 1.17 bits per heavy atom. The maximum Gasteiger partial charge on any atom is 0.346 e. The summed E-state index contributed by atoms with van der Waals surface area (Å²) in [5, 5.41) is 0.0487. The number of anilines is 1. The molecule has 0 aliphatic carbocycles. The SMILES string of the molecule is CCN(CC)C(=O)n1c(=O)n(Cc2ccc(C)cc2)c2nc([S+]([O-])CC)nc(N)c21. The van der Waals surface area contributed by atoms with Crippen LogP contribution in [0, 0.1) is 6.92 Å². The number of carbonyl (C=O) groups excluding carboxylic acids is 1. The largest absolute Gasteiger partial charge is 0.609 e. The van der Waals surface area contributed by atoms with E-state index in [2.05, 4.69) is 9.97 Å². The Labute approximate surface area is 177 Å². The van der Waals surface area contributed by atoms with Gasteiger partial charge in [-0.25, -0.2) is 14.2 Å². The lowest BCUT2D eigenvalue weighted by Crippen LogP contribution is -2.40. The number of hydrogen-bond donors (Lipinski definition) is 1. The van der Waals surface area contributed by atoms with E-state index in [9.17, 15) is 14.1 Å². The van der Waals surface area contributed by atoms with Crippen LogP contribution in [0.4, 0.5) is 10.6 Å². The lowest BCUT2D eigenvalue weighted by molar-refractivity contribution is 0.205. The lowest BCUT2D eigenvalue weighted by Gasteiger charge is -2.18. The van der Waals surface area contributed by atoms with Crippen LogP contribution in [-0.4, -0.2) is 53.4 Å². The third-order valence-corrected chi connectivity index (χ3v) is 6.04. The lowest BCUT2D eigenvalue weighted by atomic mass is 10.1. The first kappa shape index (κ1) is 21.8. The van der Waals surface area contributed by atoms with Gasteiger partial charge in [0.1, 0.15) is 11.3 Å². The van der Waals surface area contributed by atoms with Crippen molar-refractivity contribution in [3.8, 4) is 0 Å². The van der Waals surface area contributed by atoms with Crippen LogP contribution in [0.1, 0.15) is 31.9 Å². The van der Waals surface area contributed by atoms with Crippen molar-refractivity contribution in [2.24, 2.45) is 0 Å². The minimum atomic E-state index is -1.46. The highest BCUT2D eigenvalue weighted by Gasteiger charge is 2.27. The maximum absolute atomic E-state index is 13.3. The summed E-state index contributed by atoms with van der Waals surface area (Å²) < 4.78 is 14.7. The number of amides is 1. The van der Waals surface area contributed by atoms with Crippen molar-refractivity contribution >= 4 is 34.2 Å². The highest BCUT2D eigenvalue weighted by atomic mass is 32.2. The van der Waals surface area contributed by atoms with E-state index in [-0.39, 0.29) is 28.7 Å². The number of nitrogens with two attached hydrogens (primary N) is 1.